The lowest BCUT2D eigenvalue weighted by atomic mass is 10.00. The van der Waals surface area contributed by atoms with Gasteiger partial charge in [-0.2, -0.15) is 21.6 Å². The zero-order valence-corrected chi connectivity index (χ0v) is 13.0. The first-order valence-corrected chi connectivity index (χ1v) is 7.85. The molecule has 0 unspecified atom stereocenters. The van der Waals surface area contributed by atoms with E-state index < -0.39 is 27.3 Å². The number of ether oxygens (including phenoxy) is 1. The first-order chi connectivity index (χ1) is 11.2. The van der Waals surface area contributed by atoms with Crippen LogP contribution in [0.1, 0.15) is 10.4 Å². The summed E-state index contributed by atoms with van der Waals surface area (Å²) in [7, 11) is -4.51. The van der Waals surface area contributed by atoms with Crippen molar-refractivity contribution >= 4 is 16.1 Å². The largest absolute Gasteiger partial charge is 0.534 e. The summed E-state index contributed by atoms with van der Waals surface area (Å²) in [4.78, 5) is 11.7. The van der Waals surface area contributed by atoms with Crippen molar-refractivity contribution in [3.05, 3.63) is 54.1 Å². The highest BCUT2D eigenvalue weighted by Crippen LogP contribution is 2.30. The molecule has 9 heteroatoms. The quantitative estimate of drug-likeness (QED) is 0.475. The average Bonchev–Trinajstić information content (AvgIpc) is 2.53. The van der Waals surface area contributed by atoms with Gasteiger partial charge in [-0.25, -0.2) is 4.79 Å². The molecule has 0 bridgehead atoms. The Balaban J connectivity index is 2.33. The van der Waals surface area contributed by atoms with Crippen molar-refractivity contribution in [2.75, 3.05) is 7.11 Å². The molecule has 0 amide bonds. The predicted molar refractivity (Wildman–Crippen MR) is 78.8 cm³/mol. The Morgan fingerprint density at radius 3 is 2.12 bits per heavy atom. The molecule has 2 rings (SSSR count). The van der Waals surface area contributed by atoms with Crippen molar-refractivity contribution in [1.82, 2.24) is 0 Å². The van der Waals surface area contributed by atoms with E-state index in [9.17, 15) is 26.4 Å². The van der Waals surface area contributed by atoms with Crippen molar-refractivity contribution in [2.45, 2.75) is 5.51 Å². The van der Waals surface area contributed by atoms with E-state index >= 15 is 0 Å². The van der Waals surface area contributed by atoms with Gasteiger partial charge in [-0.3, -0.25) is 0 Å². The molecule has 0 aromatic heterocycles. The zero-order valence-electron chi connectivity index (χ0n) is 12.2. The summed E-state index contributed by atoms with van der Waals surface area (Å²) in [6, 6.07) is 11.2. The lowest BCUT2D eigenvalue weighted by Crippen LogP contribution is -2.28. The highest BCUT2D eigenvalue weighted by molar-refractivity contribution is 7.88. The predicted octanol–water partition coefficient (Wildman–Crippen LogP) is 3.37. The van der Waals surface area contributed by atoms with Crippen LogP contribution >= 0.6 is 0 Å². The minimum atomic E-state index is -5.73. The normalized spacial score (nSPS) is 11.8. The highest BCUT2D eigenvalue weighted by atomic mass is 32.2. The van der Waals surface area contributed by atoms with E-state index in [1.165, 1.54) is 25.3 Å². The van der Waals surface area contributed by atoms with E-state index in [4.69, 9.17) is 0 Å². The summed E-state index contributed by atoms with van der Waals surface area (Å²) in [6.45, 7) is 0. The summed E-state index contributed by atoms with van der Waals surface area (Å²) >= 11 is 0. The Hall–Kier alpha value is -2.55. The number of hydrogen-bond acceptors (Lipinski definition) is 5. The Morgan fingerprint density at radius 1 is 1.00 bits per heavy atom. The Bertz CT molecular complexity index is 842. The highest BCUT2D eigenvalue weighted by Gasteiger charge is 2.48. The van der Waals surface area contributed by atoms with Crippen LogP contribution in [0.4, 0.5) is 13.2 Å². The minimum Gasteiger partial charge on any atom is -0.465 e. The summed E-state index contributed by atoms with van der Waals surface area (Å²) in [6.07, 6.45) is 0. The molecule has 5 nitrogen and oxygen atoms in total. The molecule has 0 spiro atoms. The molecule has 0 aliphatic heterocycles. The van der Waals surface area contributed by atoms with E-state index in [0.717, 1.165) is 12.1 Å². The fraction of sp³-hybridized carbons (Fsp3) is 0.133. The van der Waals surface area contributed by atoms with E-state index in [2.05, 4.69) is 8.92 Å². The van der Waals surface area contributed by atoms with Crippen molar-refractivity contribution < 1.29 is 35.3 Å². The number of halogens is 3. The van der Waals surface area contributed by atoms with Crippen LogP contribution < -0.4 is 4.18 Å². The molecule has 0 aliphatic rings. The molecule has 0 saturated heterocycles. The maximum atomic E-state index is 12.3. The van der Waals surface area contributed by atoms with E-state index in [1.54, 1.807) is 18.2 Å². The molecular weight excluding hydrogens is 349 g/mol. The summed E-state index contributed by atoms with van der Waals surface area (Å²) in [5, 5.41) is 0. The van der Waals surface area contributed by atoms with Crippen LogP contribution in [0.3, 0.4) is 0 Å². The Labute approximate surface area is 135 Å². The molecule has 2 aromatic rings. The van der Waals surface area contributed by atoms with Crippen LogP contribution in [0.2, 0.25) is 0 Å². The smallest absolute Gasteiger partial charge is 0.465 e. The van der Waals surface area contributed by atoms with Gasteiger partial charge in [0.15, 0.2) is 0 Å². The molecule has 0 aliphatic carbocycles. The van der Waals surface area contributed by atoms with Crippen molar-refractivity contribution in [3.8, 4) is 16.9 Å². The second-order valence-corrected chi connectivity index (χ2v) is 6.08. The number of rotatable bonds is 4. The number of methoxy groups -OCH3 is 1. The number of carbonyl (C=O) groups excluding carboxylic acids is 1. The van der Waals surface area contributed by atoms with Crippen molar-refractivity contribution in [2.24, 2.45) is 0 Å². The van der Waals surface area contributed by atoms with Crippen LogP contribution in [0.15, 0.2) is 48.5 Å². The van der Waals surface area contributed by atoms with Gasteiger partial charge in [0.1, 0.15) is 5.75 Å². The Morgan fingerprint density at radius 2 is 1.58 bits per heavy atom. The maximum Gasteiger partial charge on any atom is 0.534 e. The molecule has 0 saturated carbocycles. The second kappa shape index (κ2) is 6.52. The lowest BCUT2D eigenvalue weighted by Gasteiger charge is -2.11. The second-order valence-electron chi connectivity index (χ2n) is 4.54. The number of benzene rings is 2. The summed E-state index contributed by atoms with van der Waals surface area (Å²) < 4.78 is 67.4. The standard InChI is InChI=1S/C15H11F3O5S/c1-22-14(19)13-5-3-2-4-12(13)10-6-8-11(9-7-10)23-24(20,21)15(16,17)18/h2-9H,1H3. The van der Waals surface area contributed by atoms with Gasteiger partial charge in [0, 0.05) is 0 Å². The molecule has 0 heterocycles. The van der Waals surface area contributed by atoms with Gasteiger partial charge in [0.2, 0.25) is 0 Å². The van der Waals surface area contributed by atoms with Gasteiger partial charge < -0.3 is 8.92 Å². The van der Waals surface area contributed by atoms with E-state index in [-0.39, 0.29) is 5.56 Å². The topological polar surface area (TPSA) is 69.7 Å². The summed E-state index contributed by atoms with van der Waals surface area (Å²) in [5.41, 5.74) is -4.29. The van der Waals surface area contributed by atoms with Gasteiger partial charge >= 0.3 is 21.6 Å². The molecule has 0 radical (unpaired) electrons. The van der Waals surface area contributed by atoms with Gasteiger partial charge in [-0.05, 0) is 29.3 Å². The number of alkyl halides is 3. The number of hydrogen-bond donors (Lipinski definition) is 0. The molecule has 0 atom stereocenters. The number of carbonyl (C=O) groups is 1. The van der Waals surface area contributed by atoms with Gasteiger partial charge in [-0.1, -0.05) is 30.3 Å². The monoisotopic (exact) mass is 360 g/mol. The molecule has 2 aromatic carbocycles. The van der Waals surface area contributed by atoms with Crippen molar-refractivity contribution in [3.63, 3.8) is 0 Å². The van der Waals surface area contributed by atoms with Gasteiger partial charge in [0.25, 0.3) is 0 Å². The van der Waals surface area contributed by atoms with Crippen molar-refractivity contribution in [1.29, 1.82) is 0 Å². The van der Waals surface area contributed by atoms with Crippen LogP contribution in [0.5, 0.6) is 5.75 Å². The third-order valence-corrected chi connectivity index (χ3v) is 3.97. The molecule has 128 valence electrons. The van der Waals surface area contributed by atoms with Crippen LogP contribution in [-0.4, -0.2) is 27.0 Å². The van der Waals surface area contributed by atoms with Crippen LogP contribution in [0, 0.1) is 0 Å². The fourth-order valence-electron chi connectivity index (χ4n) is 1.89. The maximum absolute atomic E-state index is 12.3. The molecule has 24 heavy (non-hydrogen) atoms. The Kier molecular flexibility index (Phi) is 4.83. The molecule has 0 N–H and O–H groups in total. The van der Waals surface area contributed by atoms with Gasteiger partial charge in [0.05, 0.1) is 12.7 Å². The third kappa shape index (κ3) is 3.67. The summed E-state index contributed by atoms with van der Waals surface area (Å²) in [5.74, 6) is -1.07. The first kappa shape index (κ1) is 17.8. The molecular formula is C15H11F3O5S. The fourth-order valence-corrected chi connectivity index (χ4v) is 2.35. The van der Waals surface area contributed by atoms with Crippen LogP contribution in [0.25, 0.3) is 11.1 Å². The number of esters is 1. The van der Waals surface area contributed by atoms with Crippen LogP contribution in [-0.2, 0) is 14.9 Å². The van der Waals surface area contributed by atoms with E-state index in [1.807, 2.05) is 0 Å². The first-order valence-electron chi connectivity index (χ1n) is 6.44. The van der Waals surface area contributed by atoms with E-state index in [0.29, 0.717) is 11.1 Å². The minimum absolute atomic E-state index is 0.261. The van der Waals surface area contributed by atoms with Gasteiger partial charge in [-0.15, -0.1) is 0 Å². The zero-order chi connectivity index (χ0) is 18.0. The average molecular weight is 360 g/mol. The lowest BCUT2D eigenvalue weighted by molar-refractivity contribution is -0.0500. The SMILES string of the molecule is COC(=O)c1ccccc1-c1ccc(OS(=O)(=O)C(F)(F)F)cc1. The molecule has 0 fully saturated rings. The third-order valence-electron chi connectivity index (χ3n) is 2.99.